The lowest BCUT2D eigenvalue weighted by atomic mass is 9.88. The Morgan fingerprint density at radius 1 is 1.07 bits per heavy atom. The SMILES string of the molecule is Cc1cccc(C)c1-c1cc2nc(n1)NS(=O)(=O)c1cccc(c1)C1CCN(C(=O)CC(C)(C)C)[C@H](CC(C)C)[C@H](C1)O2. The number of rotatable bonds is 4. The van der Waals surface area contributed by atoms with E-state index in [0.29, 0.717) is 37.4 Å². The highest BCUT2D eigenvalue weighted by Gasteiger charge is 2.39. The molecule has 1 aromatic heterocycles. The van der Waals surface area contributed by atoms with Gasteiger partial charge in [-0.3, -0.25) is 4.79 Å². The van der Waals surface area contributed by atoms with Crippen molar-refractivity contribution in [2.75, 3.05) is 11.3 Å². The molecule has 8 nitrogen and oxygen atoms in total. The summed E-state index contributed by atoms with van der Waals surface area (Å²) in [6.07, 6.45) is 2.20. The molecule has 1 fully saturated rings. The summed E-state index contributed by atoms with van der Waals surface area (Å²) in [6.45, 7) is 15.2. The van der Waals surface area contributed by atoms with Crippen LogP contribution in [0.15, 0.2) is 53.4 Å². The molecule has 5 rings (SSSR count). The molecule has 3 aromatic rings. The number of hydrogen-bond acceptors (Lipinski definition) is 6. The van der Waals surface area contributed by atoms with Gasteiger partial charge >= 0.3 is 0 Å². The smallest absolute Gasteiger partial charge is 0.264 e. The highest BCUT2D eigenvalue weighted by Crippen LogP contribution is 2.38. The maximum Gasteiger partial charge on any atom is 0.264 e. The van der Waals surface area contributed by atoms with Gasteiger partial charge in [-0.2, -0.15) is 4.98 Å². The van der Waals surface area contributed by atoms with Gasteiger partial charge in [0.15, 0.2) is 0 Å². The van der Waals surface area contributed by atoms with E-state index in [1.54, 1.807) is 24.3 Å². The van der Waals surface area contributed by atoms with Crippen LogP contribution < -0.4 is 9.46 Å². The van der Waals surface area contributed by atoms with Gasteiger partial charge in [-0.25, -0.2) is 18.1 Å². The van der Waals surface area contributed by atoms with Gasteiger partial charge < -0.3 is 9.64 Å². The largest absolute Gasteiger partial charge is 0.472 e. The summed E-state index contributed by atoms with van der Waals surface area (Å²) in [5, 5.41) is 0. The van der Waals surface area contributed by atoms with E-state index in [0.717, 1.165) is 28.7 Å². The number of hydrogen-bond donors (Lipinski definition) is 1. The summed E-state index contributed by atoms with van der Waals surface area (Å²) < 4.78 is 36.6. The Kier molecular flexibility index (Phi) is 8.58. The van der Waals surface area contributed by atoms with Crippen LogP contribution in [0.5, 0.6) is 5.88 Å². The number of anilines is 1. The first kappa shape index (κ1) is 31.0. The lowest BCUT2D eigenvalue weighted by Gasteiger charge is -2.37. The second-order valence-electron chi connectivity index (χ2n) is 13.8. The quantitative estimate of drug-likeness (QED) is 0.348. The first-order valence-corrected chi connectivity index (χ1v) is 16.7. The predicted molar refractivity (Wildman–Crippen MR) is 170 cm³/mol. The summed E-state index contributed by atoms with van der Waals surface area (Å²) in [5.41, 5.74) is 4.28. The highest BCUT2D eigenvalue weighted by atomic mass is 32.2. The van der Waals surface area contributed by atoms with E-state index in [1.807, 2.05) is 43.0 Å². The van der Waals surface area contributed by atoms with Crippen LogP contribution in [0.1, 0.15) is 82.9 Å². The number of aryl methyl sites for hydroxylation is 2. The van der Waals surface area contributed by atoms with Crippen LogP contribution in [0.3, 0.4) is 0 Å². The normalized spacial score (nSPS) is 21.6. The van der Waals surface area contributed by atoms with E-state index in [2.05, 4.69) is 49.3 Å². The van der Waals surface area contributed by atoms with E-state index in [4.69, 9.17) is 4.74 Å². The summed E-state index contributed by atoms with van der Waals surface area (Å²) >= 11 is 0. The Labute approximate surface area is 256 Å². The van der Waals surface area contributed by atoms with Crippen molar-refractivity contribution in [2.45, 2.75) is 97.1 Å². The maximum absolute atomic E-state index is 13.9. The summed E-state index contributed by atoms with van der Waals surface area (Å²) in [7, 11) is -3.97. The summed E-state index contributed by atoms with van der Waals surface area (Å²) in [6, 6.07) is 14.7. The van der Waals surface area contributed by atoms with Gasteiger partial charge in [0.05, 0.1) is 16.6 Å². The number of fused-ring (bicyclic) bond motifs is 7. The molecule has 9 heteroatoms. The molecule has 6 bridgehead atoms. The van der Waals surface area contributed by atoms with Gasteiger partial charge in [-0.05, 0) is 79.2 Å². The van der Waals surface area contributed by atoms with Crippen molar-refractivity contribution >= 4 is 21.9 Å². The standard InChI is InChI=1S/C34H44N4O4S/c1-21(2)16-28-29-18-25(14-15-38(28)31(39)20-34(5,6)7)24-12-9-13-26(17-24)43(40,41)37-33-35-27(19-30(36-33)42-29)32-22(3)10-8-11-23(32)4/h8-13,17,19,21,25,28-29H,14-16,18,20H2,1-7H3,(H,35,36,37)/t25?,28-,29+/m1/s1. The molecule has 43 heavy (non-hydrogen) atoms. The van der Waals surface area contributed by atoms with Crippen molar-refractivity contribution in [1.29, 1.82) is 0 Å². The number of amides is 1. The molecule has 1 saturated heterocycles. The van der Waals surface area contributed by atoms with Crippen LogP contribution in [0.4, 0.5) is 5.95 Å². The third kappa shape index (κ3) is 7.03. The molecule has 0 aliphatic carbocycles. The number of likely N-dealkylation sites (tertiary alicyclic amines) is 1. The van der Waals surface area contributed by atoms with Crippen LogP contribution in [-0.2, 0) is 14.8 Å². The lowest BCUT2D eigenvalue weighted by molar-refractivity contribution is -0.137. The van der Waals surface area contributed by atoms with Crippen molar-refractivity contribution in [1.82, 2.24) is 14.9 Å². The molecule has 1 amide bonds. The summed E-state index contributed by atoms with van der Waals surface area (Å²) in [4.78, 5) is 25.3. The zero-order valence-corrected chi connectivity index (χ0v) is 27.2. The Bertz CT molecular complexity index is 1590. The second kappa shape index (κ2) is 11.9. The number of carbonyl (C=O) groups excluding carboxylic acids is 1. The molecule has 0 spiro atoms. The van der Waals surface area contributed by atoms with Gasteiger partial charge in [0.25, 0.3) is 10.0 Å². The van der Waals surface area contributed by atoms with Crippen molar-refractivity contribution in [2.24, 2.45) is 11.3 Å². The third-order valence-electron chi connectivity index (χ3n) is 8.36. The Balaban J connectivity index is 1.69. The number of benzene rings is 2. The fraction of sp³-hybridized carbons (Fsp3) is 0.500. The lowest BCUT2D eigenvalue weighted by Crippen LogP contribution is -2.49. The number of carbonyl (C=O) groups is 1. The molecule has 1 unspecified atom stereocenters. The molecule has 2 aliphatic rings. The topological polar surface area (TPSA) is 101 Å². The molecular formula is C34H44N4O4S. The number of sulfonamides is 1. The highest BCUT2D eigenvalue weighted by molar-refractivity contribution is 7.92. The fourth-order valence-corrected chi connectivity index (χ4v) is 7.42. The van der Waals surface area contributed by atoms with Gasteiger partial charge in [0.1, 0.15) is 6.10 Å². The minimum absolute atomic E-state index is 0.000987. The molecule has 230 valence electrons. The minimum atomic E-state index is -3.97. The second-order valence-corrected chi connectivity index (χ2v) is 15.4. The number of nitrogens with zero attached hydrogens (tertiary/aromatic N) is 3. The van der Waals surface area contributed by atoms with Crippen LogP contribution >= 0.6 is 0 Å². The van der Waals surface area contributed by atoms with Gasteiger partial charge in [0.2, 0.25) is 17.7 Å². The van der Waals surface area contributed by atoms with Crippen LogP contribution in [0.2, 0.25) is 0 Å². The van der Waals surface area contributed by atoms with Gasteiger partial charge in [-0.15, -0.1) is 0 Å². The first-order valence-electron chi connectivity index (χ1n) is 15.2. The maximum atomic E-state index is 13.9. The van der Waals surface area contributed by atoms with E-state index in [9.17, 15) is 13.2 Å². The molecule has 3 atom stereocenters. The van der Waals surface area contributed by atoms with Crippen molar-refractivity contribution in [3.05, 3.63) is 65.2 Å². The Morgan fingerprint density at radius 2 is 1.77 bits per heavy atom. The third-order valence-corrected chi connectivity index (χ3v) is 9.68. The molecule has 0 radical (unpaired) electrons. The van der Waals surface area contributed by atoms with Gasteiger partial charge in [0, 0.05) is 24.6 Å². The fourth-order valence-electron chi connectivity index (χ4n) is 6.42. The Morgan fingerprint density at radius 3 is 2.44 bits per heavy atom. The van der Waals surface area contributed by atoms with Crippen molar-refractivity contribution in [3.63, 3.8) is 0 Å². The number of nitrogens with one attached hydrogen (secondary N) is 1. The molecule has 0 saturated carbocycles. The monoisotopic (exact) mass is 604 g/mol. The van der Waals surface area contributed by atoms with Crippen LogP contribution in [0.25, 0.3) is 11.3 Å². The van der Waals surface area contributed by atoms with Crippen LogP contribution in [-0.4, -0.2) is 47.9 Å². The molecule has 2 aliphatic heterocycles. The zero-order chi connectivity index (χ0) is 31.1. The first-order chi connectivity index (χ1) is 20.2. The average molecular weight is 605 g/mol. The number of aromatic nitrogens is 2. The molecule has 2 aromatic carbocycles. The van der Waals surface area contributed by atoms with Crippen molar-refractivity contribution < 1.29 is 17.9 Å². The summed E-state index contributed by atoms with van der Waals surface area (Å²) in [5.74, 6) is 0.692. The zero-order valence-electron chi connectivity index (χ0n) is 26.3. The molecule has 1 N–H and O–H groups in total. The van der Waals surface area contributed by atoms with Gasteiger partial charge in [-0.1, -0.05) is 65.0 Å². The van der Waals surface area contributed by atoms with Crippen LogP contribution in [0, 0.1) is 25.2 Å². The predicted octanol–water partition coefficient (Wildman–Crippen LogP) is 6.88. The van der Waals surface area contributed by atoms with E-state index < -0.39 is 10.0 Å². The average Bonchev–Trinajstić information content (AvgIpc) is 3.06. The molecule has 3 heterocycles. The van der Waals surface area contributed by atoms with Crippen molar-refractivity contribution in [3.8, 4) is 17.1 Å². The Hall–Kier alpha value is -3.46. The molecular weight excluding hydrogens is 560 g/mol. The number of ether oxygens (including phenoxy) is 1. The van der Waals surface area contributed by atoms with E-state index >= 15 is 0 Å². The minimum Gasteiger partial charge on any atom is -0.472 e. The van der Waals surface area contributed by atoms with E-state index in [1.165, 1.54) is 0 Å². The van der Waals surface area contributed by atoms with E-state index in [-0.39, 0.29) is 46.1 Å².